The van der Waals surface area contributed by atoms with E-state index in [1.165, 1.54) is 0 Å². The van der Waals surface area contributed by atoms with E-state index in [0.717, 1.165) is 17.7 Å². The van der Waals surface area contributed by atoms with Crippen LogP contribution < -0.4 is 17.2 Å². The van der Waals surface area contributed by atoms with Gasteiger partial charge in [0.05, 0.1) is 11.4 Å². The fourth-order valence-electron chi connectivity index (χ4n) is 1.73. The van der Waals surface area contributed by atoms with E-state index >= 15 is 0 Å². The third-order valence-electron chi connectivity index (χ3n) is 2.65. The molecule has 8 heteroatoms. The van der Waals surface area contributed by atoms with Crippen LogP contribution in [0.15, 0.2) is 40.8 Å². The van der Waals surface area contributed by atoms with Crippen molar-refractivity contribution in [2.45, 2.75) is 13.3 Å². The lowest BCUT2D eigenvalue weighted by Gasteiger charge is -2.07. The van der Waals surface area contributed by atoms with Crippen LogP contribution in [0.2, 0.25) is 0 Å². The molecule has 2 aromatic rings. The van der Waals surface area contributed by atoms with E-state index in [2.05, 4.69) is 20.2 Å². The third kappa shape index (κ3) is 3.10. The van der Waals surface area contributed by atoms with E-state index in [4.69, 9.17) is 17.2 Å². The number of nitrogens with two attached hydrogens (primary N) is 3. The van der Waals surface area contributed by atoms with Gasteiger partial charge in [0, 0.05) is 0 Å². The molecular formula is C12H16N8. The number of rotatable bonds is 3. The van der Waals surface area contributed by atoms with Gasteiger partial charge in [-0.25, -0.2) is 4.99 Å². The summed E-state index contributed by atoms with van der Waals surface area (Å²) in [5.74, 6) is -0.111. The van der Waals surface area contributed by atoms with Gasteiger partial charge in [0.1, 0.15) is 12.7 Å². The highest BCUT2D eigenvalue weighted by atomic mass is 15.2. The highest BCUT2D eigenvalue weighted by molar-refractivity contribution is 5.93. The number of benzene rings is 1. The molecule has 104 valence electrons. The molecule has 0 saturated heterocycles. The van der Waals surface area contributed by atoms with E-state index in [-0.39, 0.29) is 11.9 Å². The van der Waals surface area contributed by atoms with Gasteiger partial charge in [0.15, 0.2) is 5.96 Å². The molecule has 0 aliphatic carbocycles. The molecule has 20 heavy (non-hydrogen) atoms. The second kappa shape index (κ2) is 5.83. The molecule has 0 aliphatic rings. The molecule has 0 aliphatic heterocycles. The van der Waals surface area contributed by atoms with Crippen molar-refractivity contribution in [3.05, 3.63) is 36.4 Å². The van der Waals surface area contributed by atoms with Crippen molar-refractivity contribution < 1.29 is 0 Å². The molecule has 0 fully saturated rings. The predicted octanol–water partition coefficient (Wildman–Crippen LogP) is 0.0493. The molecule has 0 unspecified atom stereocenters. The molecule has 0 radical (unpaired) electrons. The predicted molar refractivity (Wildman–Crippen MR) is 77.8 cm³/mol. The molecule has 1 heterocycles. The minimum atomic E-state index is -0.126. The van der Waals surface area contributed by atoms with Crippen molar-refractivity contribution >= 4 is 17.6 Å². The Balaban J connectivity index is 2.45. The molecule has 1 aromatic carbocycles. The van der Waals surface area contributed by atoms with Crippen molar-refractivity contribution in [1.29, 1.82) is 0 Å². The lowest BCUT2D eigenvalue weighted by atomic mass is 10.1. The number of aromatic nitrogens is 3. The van der Waals surface area contributed by atoms with Gasteiger partial charge in [0.25, 0.3) is 0 Å². The summed E-state index contributed by atoms with van der Waals surface area (Å²) in [7, 11) is 0. The first-order chi connectivity index (χ1) is 9.60. The molecule has 0 spiro atoms. The zero-order valence-corrected chi connectivity index (χ0v) is 11.1. The lowest BCUT2D eigenvalue weighted by molar-refractivity contribution is 1.04. The summed E-state index contributed by atoms with van der Waals surface area (Å²) in [5, 5.41) is 7.54. The van der Waals surface area contributed by atoms with Gasteiger partial charge < -0.3 is 17.2 Å². The van der Waals surface area contributed by atoms with Gasteiger partial charge in [-0.3, -0.25) is 4.57 Å². The molecule has 6 N–H and O–H groups in total. The molecule has 0 atom stereocenters. The quantitative estimate of drug-likeness (QED) is 0.536. The fraction of sp³-hybridized carbons (Fsp3) is 0.167. The summed E-state index contributed by atoms with van der Waals surface area (Å²) >= 11 is 0. The summed E-state index contributed by atoms with van der Waals surface area (Å²) in [4.78, 5) is 7.94. The van der Waals surface area contributed by atoms with Gasteiger partial charge in [-0.2, -0.15) is 4.99 Å². The number of aryl methyl sites for hydroxylation is 1. The summed E-state index contributed by atoms with van der Waals surface area (Å²) in [6.45, 7) is 2.03. The second-order valence-electron chi connectivity index (χ2n) is 4.04. The Kier molecular flexibility index (Phi) is 3.94. The van der Waals surface area contributed by atoms with Crippen LogP contribution in [0.4, 0.5) is 5.69 Å². The van der Waals surface area contributed by atoms with Crippen LogP contribution in [-0.4, -0.2) is 26.7 Å². The van der Waals surface area contributed by atoms with Gasteiger partial charge in [0.2, 0.25) is 5.96 Å². The van der Waals surface area contributed by atoms with Crippen molar-refractivity contribution in [2.75, 3.05) is 0 Å². The zero-order valence-electron chi connectivity index (χ0n) is 11.1. The standard InChI is InChI=1S/C12H16N8/c1-2-8-3-4-9(20-6-16-17-7-20)5-10(8)18-12(15)19-11(13)14/h3-7H,2H2,1H3,(H6,13,14,15,18,19). The summed E-state index contributed by atoms with van der Waals surface area (Å²) in [5.41, 5.74) is 18.8. The fourth-order valence-corrected chi connectivity index (χ4v) is 1.73. The first-order valence-electron chi connectivity index (χ1n) is 6.02. The summed E-state index contributed by atoms with van der Waals surface area (Å²) in [6.07, 6.45) is 4.03. The number of hydrogen-bond acceptors (Lipinski definition) is 3. The Bertz CT molecular complexity index is 637. The Morgan fingerprint density at radius 1 is 1.20 bits per heavy atom. The SMILES string of the molecule is CCc1ccc(-n2cnnc2)cc1N=C(N)N=C(N)N. The highest BCUT2D eigenvalue weighted by Crippen LogP contribution is 2.23. The van der Waals surface area contributed by atoms with Crippen LogP contribution in [0.5, 0.6) is 0 Å². The maximum Gasteiger partial charge on any atom is 0.223 e. The van der Waals surface area contributed by atoms with Crippen LogP contribution in [0.25, 0.3) is 5.69 Å². The Hall–Kier alpha value is -2.90. The molecule has 8 nitrogen and oxygen atoms in total. The highest BCUT2D eigenvalue weighted by Gasteiger charge is 2.04. The minimum Gasteiger partial charge on any atom is -0.370 e. The van der Waals surface area contributed by atoms with Crippen molar-refractivity contribution in [1.82, 2.24) is 14.8 Å². The van der Waals surface area contributed by atoms with Crippen LogP contribution in [0.3, 0.4) is 0 Å². The average molecular weight is 272 g/mol. The van der Waals surface area contributed by atoms with Crippen LogP contribution in [0.1, 0.15) is 12.5 Å². The Morgan fingerprint density at radius 2 is 1.90 bits per heavy atom. The molecule has 2 rings (SSSR count). The minimum absolute atomic E-state index is 0.0145. The normalized spacial score (nSPS) is 11.3. The van der Waals surface area contributed by atoms with Gasteiger partial charge in [-0.1, -0.05) is 13.0 Å². The number of hydrogen-bond donors (Lipinski definition) is 3. The second-order valence-corrected chi connectivity index (χ2v) is 4.04. The van der Waals surface area contributed by atoms with E-state index in [1.54, 1.807) is 17.2 Å². The number of nitrogens with zero attached hydrogens (tertiary/aromatic N) is 5. The molecule has 0 amide bonds. The number of guanidine groups is 2. The monoisotopic (exact) mass is 272 g/mol. The van der Waals surface area contributed by atoms with Crippen molar-refractivity contribution in [3.8, 4) is 5.69 Å². The average Bonchev–Trinajstić information content (AvgIpc) is 2.91. The maximum atomic E-state index is 5.67. The molecule has 0 saturated carbocycles. The first kappa shape index (κ1) is 13.5. The largest absolute Gasteiger partial charge is 0.370 e. The van der Waals surface area contributed by atoms with Gasteiger partial charge in [-0.05, 0) is 24.1 Å². The number of aliphatic imine (C=N–C) groups is 2. The smallest absolute Gasteiger partial charge is 0.223 e. The maximum absolute atomic E-state index is 5.67. The van der Waals surface area contributed by atoms with E-state index in [1.807, 2.05) is 25.1 Å². The Morgan fingerprint density at radius 3 is 2.50 bits per heavy atom. The van der Waals surface area contributed by atoms with Gasteiger partial charge in [-0.15, -0.1) is 10.2 Å². The summed E-state index contributed by atoms with van der Waals surface area (Å²) < 4.78 is 1.77. The molecular weight excluding hydrogens is 256 g/mol. The van der Waals surface area contributed by atoms with Crippen LogP contribution in [-0.2, 0) is 6.42 Å². The van der Waals surface area contributed by atoms with E-state index in [0.29, 0.717) is 5.69 Å². The first-order valence-corrected chi connectivity index (χ1v) is 6.02. The van der Waals surface area contributed by atoms with E-state index in [9.17, 15) is 0 Å². The van der Waals surface area contributed by atoms with Crippen molar-refractivity contribution in [2.24, 2.45) is 27.2 Å². The van der Waals surface area contributed by atoms with Gasteiger partial charge >= 0.3 is 0 Å². The van der Waals surface area contributed by atoms with Crippen molar-refractivity contribution in [3.63, 3.8) is 0 Å². The van der Waals surface area contributed by atoms with E-state index < -0.39 is 0 Å². The lowest BCUT2D eigenvalue weighted by Crippen LogP contribution is -2.26. The Labute approximate surface area is 116 Å². The third-order valence-corrected chi connectivity index (χ3v) is 2.65. The molecule has 1 aromatic heterocycles. The van der Waals surface area contributed by atoms with Crippen LogP contribution in [0, 0.1) is 0 Å². The van der Waals surface area contributed by atoms with Crippen LogP contribution >= 0.6 is 0 Å². The zero-order chi connectivity index (χ0) is 14.5. The topological polar surface area (TPSA) is 133 Å². The molecule has 0 bridgehead atoms. The summed E-state index contributed by atoms with van der Waals surface area (Å²) in [6, 6.07) is 5.80.